The Labute approximate surface area is 105 Å². The molecule has 0 bridgehead atoms. The van der Waals surface area contributed by atoms with E-state index in [4.69, 9.17) is 11.6 Å². The Kier molecular flexibility index (Phi) is 4.27. The van der Waals surface area contributed by atoms with Crippen LogP contribution in [0.25, 0.3) is 0 Å². The second-order valence-electron chi connectivity index (χ2n) is 3.84. The van der Waals surface area contributed by atoms with Crippen molar-refractivity contribution < 1.29 is 17.6 Å². The average Bonchev–Trinajstić information content (AvgIpc) is 2.20. The van der Waals surface area contributed by atoms with Crippen molar-refractivity contribution in [1.29, 1.82) is 0 Å². The minimum atomic E-state index is -3.65. The fourth-order valence-corrected chi connectivity index (χ4v) is 3.10. The standard InChI is InChI=1S/C11H12ClFO3S/c1-7(14)5-8(2)17(15,16)9-3-4-11(13)10(12)6-9/h3-4,6,8H,5H2,1-2H3. The first-order valence-corrected chi connectivity index (χ1v) is 6.86. The highest BCUT2D eigenvalue weighted by atomic mass is 35.5. The Morgan fingerprint density at radius 1 is 1.47 bits per heavy atom. The van der Waals surface area contributed by atoms with Gasteiger partial charge in [-0.3, -0.25) is 4.79 Å². The molecule has 1 aromatic carbocycles. The Balaban J connectivity index is 3.13. The summed E-state index contributed by atoms with van der Waals surface area (Å²) >= 11 is 5.52. The third kappa shape index (κ3) is 3.26. The Bertz CT molecular complexity index is 540. The van der Waals surface area contributed by atoms with Crippen molar-refractivity contribution in [2.24, 2.45) is 0 Å². The molecule has 0 fully saturated rings. The quantitative estimate of drug-likeness (QED) is 0.796. The van der Waals surface area contributed by atoms with Crippen LogP contribution in [-0.2, 0) is 14.6 Å². The van der Waals surface area contributed by atoms with E-state index in [0.717, 1.165) is 18.2 Å². The molecule has 0 saturated carbocycles. The van der Waals surface area contributed by atoms with Gasteiger partial charge in [-0.15, -0.1) is 0 Å². The van der Waals surface area contributed by atoms with Crippen LogP contribution in [0.15, 0.2) is 23.1 Å². The summed E-state index contributed by atoms with van der Waals surface area (Å²) < 4.78 is 36.9. The van der Waals surface area contributed by atoms with Crippen LogP contribution < -0.4 is 0 Å². The maximum absolute atomic E-state index is 12.9. The average molecular weight is 279 g/mol. The van der Waals surface area contributed by atoms with E-state index in [1.807, 2.05) is 0 Å². The predicted molar refractivity (Wildman–Crippen MR) is 63.4 cm³/mol. The lowest BCUT2D eigenvalue weighted by molar-refractivity contribution is -0.116. The van der Waals surface area contributed by atoms with E-state index in [1.54, 1.807) is 0 Å². The second kappa shape index (κ2) is 5.14. The van der Waals surface area contributed by atoms with Crippen molar-refractivity contribution in [2.45, 2.75) is 30.4 Å². The summed E-state index contributed by atoms with van der Waals surface area (Å²) in [5.74, 6) is -0.890. The number of carbonyl (C=O) groups is 1. The fraction of sp³-hybridized carbons (Fsp3) is 0.364. The van der Waals surface area contributed by atoms with Gasteiger partial charge in [0.2, 0.25) is 0 Å². The fourth-order valence-electron chi connectivity index (χ4n) is 1.40. The topological polar surface area (TPSA) is 51.2 Å². The maximum atomic E-state index is 12.9. The van der Waals surface area contributed by atoms with Gasteiger partial charge in [0.15, 0.2) is 9.84 Å². The second-order valence-corrected chi connectivity index (χ2v) is 6.61. The number of carbonyl (C=O) groups excluding carboxylic acids is 1. The van der Waals surface area contributed by atoms with Crippen molar-refractivity contribution in [3.8, 4) is 0 Å². The molecule has 94 valence electrons. The summed E-state index contributed by atoms with van der Waals surface area (Å²) in [5.41, 5.74) is 0. The Hall–Kier alpha value is -0.940. The largest absolute Gasteiger partial charge is 0.300 e. The maximum Gasteiger partial charge on any atom is 0.181 e. The third-order valence-electron chi connectivity index (χ3n) is 2.32. The van der Waals surface area contributed by atoms with E-state index in [2.05, 4.69) is 0 Å². The van der Waals surface area contributed by atoms with Crippen LogP contribution in [0.4, 0.5) is 4.39 Å². The summed E-state index contributed by atoms with van der Waals surface area (Å²) in [5, 5.41) is -1.09. The number of hydrogen-bond donors (Lipinski definition) is 0. The zero-order chi connectivity index (χ0) is 13.2. The molecule has 1 rings (SSSR count). The summed E-state index contributed by atoms with van der Waals surface area (Å²) in [4.78, 5) is 10.8. The van der Waals surface area contributed by atoms with Crippen molar-refractivity contribution in [3.63, 3.8) is 0 Å². The number of rotatable bonds is 4. The smallest absolute Gasteiger partial charge is 0.181 e. The molecule has 0 aliphatic carbocycles. The van der Waals surface area contributed by atoms with Gasteiger partial charge in [0.1, 0.15) is 11.6 Å². The van der Waals surface area contributed by atoms with Gasteiger partial charge in [0.05, 0.1) is 15.2 Å². The number of Topliss-reactive ketones (excluding diaryl/α,β-unsaturated/α-hetero) is 1. The number of benzene rings is 1. The summed E-state index contributed by atoms with van der Waals surface area (Å²) in [7, 11) is -3.65. The van der Waals surface area contributed by atoms with Crippen LogP contribution in [-0.4, -0.2) is 19.5 Å². The molecule has 17 heavy (non-hydrogen) atoms. The van der Waals surface area contributed by atoms with Crippen LogP contribution in [0, 0.1) is 5.82 Å². The van der Waals surface area contributed by atoms with Crippen molar-refractivity contribution in [1.82, 2.24) is 0 Å². The number of halogens is 2. The third-order valence-corrected chi connectivity index (χ3v) is 4.75. The van der Waals surface area contributed by atoms with E-state index in [9.17, 15) is 17.6 Å². The molecule has 0 radical (unpaired) electrons. The molecule has 0 heterocycles. The molecule has 1 unspecified atom stereocenters. The highest BCUT2D eigenvalue weighted by Gasteiger charge is 2.25. The molecule has 0 saturated heterocycles. The van der Waals surface area contributed by atoms with Gasteiger partial charge in [-0.1, -0.05) is 11.6 Å². The number of hydrogen-bond acceptors (Lipinski definition) is 3. The first-order valence-electron chi connectivity index (χ1n) is 4.93. The van der Waals surface area contributed by atoms with Crippen LogP contribution in [0.1, 0.15) is 20.3 Å². The van der Waals surface area contributed by atoms with Crippen LogP contribution in [0.3, 0.4) is 0 Å². The normalized spacial score (nSPS) is 13.4. The van der Waals surface area contributed by atoms with E-state index in [0.29, 0.717) is 0 Å². The first kappa shape index (κ1) is 14.1. The first-order chi connectivity index (χ1) is 7.75. The lowest BCUT2D eigenvalue weighted by atomic mass is 10.2. The number of sulfone groups is 1. The summed E-state index contributed by atoms with van der Waals surface area (Å²) in [6, 6.07) is 3.20. The van der Waals surface area contributed by atoms with E-state index in [-0.39, 0.29) is 22.1 Å². The van der Waals surface area contributed by atoms with Crippen molar-refractivity contribution >= 4 is 27.2 Å². The van der Waals surface area contributed by atoms with Gasteiger partial charge in [0.25, 0.3) is 0 Å². The van der Waals surface area contributed by atoms with Crippen molar-refractivity contribution in [2.75, 3.05) is 0 Å². The van der Waals surface area contributed by atoms with Gasteiger partial charge in [-0.25, -0.2) is 12.8 Å². The zero-order valence-corrected chi connectivity index (χ0v) is 11.0. The van der Waals surface area contributed by atoms with Gasteiger partial charge in [-0.05, 0) is 32.0 Å². The molecule has 0 N–H and O–H groups in total. The van der Waals surface area contributed by atoms with Gasteiger partial charge in [0, 0.05) is 6.42 Å². The van der Waals surface area contributed by atoms with E-state index in [1.165, 1.54) is 13.8 Å². The molecule has 3 nitrogen and oxygen atoms in total. The predicted octanol–water partition coefficient (Wildman–Crippen LogP) is 2.62. The molecule has 1 aromatic rings. The van der Waals surface area contributed by atoms with Gasteiger partial charge >= 0.3 is 0 Å². The zero-order valence-electron chi connectivity index (χ0n) is 9.41. The number of ketones is 1. The summed E-state index contributed by atoms with van der Waals surface area (Å²) in [6.07, 6.45) is -0.0721. The van der Waals surface area contributed by atoms with Gasteiger partial charge < -0.3 is 0 Å². The van der Waals surface area contributed by atoms with Crippen LogP contribution in [0.2, 0.25) is 5.02 Å². The highest BCUT2D eigenvalue weighted by Crippen LogP contribution is 2.23. The Morgan fingerprint density at radius 3 is 2.53 bits per heavy atom. The van der Waals surface area contributed by atoms with E-state index < -0.39 is 20.9 Å². The summed E-state index contributed by atoms with van der Waals surface area (Å²) in [6.45, 7) is 2.76. The molecule has 6 heteroatoms. The Morgan fingerprint density at radius 2 is 2.06 bits per heavy atom. The van der Waals surface area contributed by atoms with Crippen LogP contribution in [0.5, 0.6) is 0 Å². The lowest BCUT2D eigenvalue weighted by Crippen LogP contribution is -2.20. The minimum Gasteiger partial charge on any atom is -0.300 e. The molecule has 1 atom stereocenters. The lowest BCUT2D eigenvalue weighted by Gasteiger charge is -2.11. The molecular formula is C11H12ClFO3S. The molecular weight excluding hydrogens is 267 g/mol. The SMILES string of the molecule is CC(=O)CC(C)S(=O)(=O)c1ccc(F)c(Cl)c1. The van der Waals surface area contributed by atoms with Gasteiger partial charge in [-0.2, -0.15) is 0 Å². The molecule has 0 spiro atoms. The van der Waals surface area contributed by atoms with E-state index >= 15 is 0 Å². The van der Waals surface area contributed by atoms with Crippen LogP contribution >= 0.6 is 11.6 Å². The molecule has 0 aliphatic rings. The molecule has 0 aliphatic heterocycles. The molecule has 0 amide bonds. The highest BCUT2D eigenvalue weighted by molar-refractivity contribution is 7.92. The monoisotopic (exact) mass is 278 g/mol. The minimum absolute atomic E-state index is 0.0716. The molecule has 0 aromatic heterocycles. The van der Waals surface area contributed by atoms with Crippen molar-refractivity contribution in [3.05, 3.63) is 29.0 Å².